The van der Waals surface area contributed by atoms with Crippen molar-refractivity contribution in [2.75, 3.05) is 0 Å². The van der Waals surface area contributed by atoms with Crippen molar-refractivity contribution < 1.29 is 0 Å². The van der Waals surface area contributed by atoms with Crippen molar-refractivity contribution in [2.24, 2.45) is 0 Å². The molecule has 5 heterocycles. The molecule has 0 saturated heterocycles. The zero-order chi connectivity index (χ0) is 29.7. The van der Waals surface area contributed by atoms with E-state index in [0.29, 0.717) is 0 Å². The van der Waals surface area contributed by atoms with E-state index < -0.39 is 0 Å². The highest BCUT2D eigenvalue weighted by molar-refractivity contribution is 6.92. The molecule has 0 bridgehead atoms. The van der Waals surface area contributed by atoms with Gasteiger partial charge in [0.05, 0.1) is 0 Å². The number of para-hydroxylation sites is 2. The van der Waals surface area contributed by atoms with Crippen LogP contribution < -0.4 is 21.9 Å². The summed E-state index contributed by atoms with van der Waals surface area (Å²) in [6.45, 7) is 0.256. The van der Waals surface area contributed by atoms with Crippen LogP contribution in [0.1, 0.15) is 0 Å². The minimum atomic E-state index is 0.0925. The maximum Gasteiger partial charge on any atom is 0.330 e. The fourth-order valence-electron chi connectivity index (χ4n) is 9.57. The van der Waals surface area contributed by atoms with Gasteiger partial charge in [-0.15, -0.1) is 0 Å². The van der Waals surface area contributed by atoms with Gasteiger partial charge in [-0.25, -0.2) is 0 Å². The summed E-state index contributed by atoms with van der Waals surface area (Å²) in [7, 11) is 0. The summed E-state index contributed by atoms with van der Waals surface area (Å²) in [6.07, 6.45) is 0. The number of hydrogen-bond donors (Lipinski definition) is 0. The van der Waals surface area contributed by atoms with Gasteiger partial charge in [0.15, 0.2) is 0 Å². The van der Waals surface area contributed by atoms with E-state index in [9.17, 15) is 0 Å². The second kappa shape index (κ2) is 8.10. The third-order valence-electron chi connectivity index (χ3n) is 11.2. The Labute approximate surface area is 266 Å². The molecule has 46 heavy (non-hydrogen) atoms. The average molecular weight is 578 g/mol. The SMILES string of the molecule is c1ccc2c(c1)B(n1c3ccccc3c3c4c5c(cc31)c1ccccc1n5B1c3ccccc3-c3cccc-4c31)c1ccccc1-2. The lowest BCUT2D eigenvalue weighted by Gasteiger charge is -2.26. The lowest BCUT2D eigenvalue weighted by atomic mass is 9.50. The van der Waals surface area contributed by atoms with E-state index in [1.54, 1.807) is 0 Å². The van der Waals surface area contributed by atoms with E-state index in [1.165, 1.54) is 98.8 Å². The van der Waals surface area contributed by atoms with E-state index in [4.69, 9.17) is 0 Å². The standard InChI is InChI=1S/C42H24B2N2/c1-6-19-33-25(12-1)26-13-2-7-20-34(26)43(33)45-37-23-10-5-16-30(37)39-38(45)24-32-28-15-4-9-22-36(28)46-42(32)40(39)31-18-11-17-29-27-14-3-8-21-35(27)44(46)41(29)31/h1-24H. The number of benzene rings is 7. The number of rotatable bonds is 1. The van der Waals surface area contributed by atoms with E-state index in [-0.39, 0.29) is 13.7 Å². The maximum absolute atomic E-state index is 2.67. The molecule has 0 fully saturated rings. The molecular formula is C42H24B2N2. The van der Waals surface area contributed by atoms with Crippen LogP contribution in [0.4, 0.5) is 0 Å². The summed E-state index contributed by atoms with van der Waals surface area (Å²) in [5, 5.41) is 5.34. The number of nitrogens with zero attached hydrogens (tertiary/aromatic N) is 2. The first-order chi connectivity index (χ1) is 22.9. The van der Waals surface area contributed by atoms with Crippen molar-refractivity contribution in [3.05, 3.63) is 146 Å². The Bertz CT molecular complexity index is 2790. The molecule has 12 rings (SSSR count). The Hall–Kier alpha value is -5.73. The minimum absolute atomic E-state index is 0.0925. The Morgan fingerprint density at radius 1 is 0.370 bits per heavy atom. The molecule has 2 aromatic heterocycles. The van der Waals surface area contributed by atoms with Gasteiger partial charge in [-0.05, 0) is 67.9 Å². The van der Waals surface area contributed by atoms with E-state index in [1.807, 2.05) is 0 Å². The Kier molecular flexibility index (Phi) is 4.16. The van der Waals surface area contributed by atoms with Gasteiger partial charge >= 0.3 is 13.7 Å². The Balaban J connectivity index is 1.33. The van der Waals surface area contributed by atoms with Crippen LogP contribution in [0.3, 0.4) is 0 Å². The molecule has 4 heteroatoms. The Morgan fingerprint density at radius 2 is 0.891 bits per heavy atom. The molecule has 3 aliphatic heterocycles. The van der Waals surface area contributed by atoms with Gasteiger partial charge in [-0.1, -0.05) is 127 Å². The summed E-state index contributed by atoms with van der Waals surface area (Å²) in [6, 6.07) is 54.7. The number of fused-ring (bicyclic) bond motifs is 15. The first-order valence-corrected chi connectivity index (χ1v) is 16.3. The average Bonchev–Trinajstić information content (AvgIpc) is 3.83. The van der Waals surface area contributed by atoms with Crippen molar-refractivity contribution in [3.63, 3.8) is 0 Å². The van der Waals surface area contributed by atoms with Gasteiger partial charge in [0.25, 0.3) is 0 Å². The molecule has 0 N–H and O–H groups in total. The van der Waals surface area contributed by atoms with Crippen LogP contribution in [0.5, 0.6) is 0 Å². The summed E-state index contributed by atoms with van der Waals surface area (Å²) >= 11 is 0. The second-order valence-electron chi connectivity index (χ2n) is 13.1. The summed E-state index contributed by atoms with van der Waals surface area (Å²) in [5.41, 5.74) is 19.0. The van der Waals surface area contributed by atoms with Crippen LogP contribution in [-0.2, 0) is 0 Å². The largest absolute Gasteiger partial charge is 0.376 e. The molecule has 2 nitrogen and oxygen atoms in total. The van der Waals surface area contributed by atoms with Gasteiger partial charge in [0.2, 0.25) is 0 Å². The van der Waals surface area contributed by atoms with Gasteiger partial charge in [0.1, 0.15) is 0 Å². The van der Waals surface area contributed by atoms with Crippen molar-refractivity contribution in [3.8, 4) is 33.4 Å². The predicted octanol–water partition coefficient (Wildman–Crippen LogP) is 7.15. The van der Waals surface area contributed by atoms with Crippen LogP contribution in [0.2, 0.25) is 0 Å². The quantitative estimate of drug-likeness (QED) is 0.183. The van der Waals surface area contributed by atoms with E-state index in [2.05, 4.69) is 155 Å². The van der Waals surface area contributed by atoms with Gasteiger partial charge < -0.3 is 8.96 Å². The molecule has 0 spiro atoms. The minimum Gasteiger partial charge on any atom is -0.376 e. The second-order valence-corrected chi connectivity index (χ2v) is 13.1. The molecule has 0 amide bonds. The molecule has 9 aromatic rings. The fraction of sp³-hybridized carbons (Fsp3) is 0. The first-order valence-electron chi connectivity index (χ1n) is 16.3. The molecular weight excluding hydrogens is 554 g/mol. The summed E-state index contributed by atoms with van der Waals surface area (Å²) < 4.78 is 5.32. The molecule has 3 aliphatic rings. The van der Waals surface area contributed by atoms with Crippen molar-refractivity contribution in [2.45, 2.75) is 0 Å². The highest BCUT2D eigenvalue weighted by Gasteiger charge is 2.43. The van der Waals surface area contributed by atoms with Gasteiger partial charge in [-0.3, -0.25) is 0 Å². The molecule has 0 saturated carbocycles. The molecule has 0 unspecified atom stereocenters. The smallest absolute Gasteiger partial charge is 0.330 e. The number of hydrogen-bond acceptors (Lipinski definition) is 0. The van der Waals surface area contributed by atoms with Gasteiger partial charge in [0, 0.05) is 49.2 Å². The number of aromatic nitrogens is 2. The van der Waals surface area contributed by atoms with Crippen LogP contribution in [0.15, 0.2) is 146 Å². The highest BCUT2D eigenvalue weighted by Crippen LogP contribution is 2.48. The lowest BCUT2D eigenvalue weighted by molar-refractivity contribution is 1.33. The van der Waals surface area contributed by atoms with Crippen LogP contribution in [-0.4, -0.2) is 22.7 Å². The van der Waals surface area contributed by atoms with Crippen molar-refractivity contribution in [1.29, 1.82) is 0 Å². The van der Waals surface area contributed by atoms with E-state index >= 15 is 0 Å². The fourth-order valence-corrected chi connectivity index (χ4v) is 9.57. The monoisotopic (exact) mass is 578 g/mol. The molecule has 7 aromatic carbocycles. The third-order valence-corrected chi connectivity index (χ3v) is 11.2. The normalized spacial score (nSPS) is 13.6. The summed E-state index contributed by atoms with van der Waals surface area (Å²) in [4.78, 5) is 0. The van der Waals surface area contributed by atoms with Crippen LogP contribution in [0, 0.1) is 0 Å². The maximum atomic E-state index is 2.67. The third kappa shape index (κ3) is 2.59. The zero-order valence-corrected chi connectivity index (χ0v) is 24.9. The lowest BCUT2D eigenvalue weighted by Crippen LogP contribution is -2.47. The topological polar surface area (TPSA) is 9.86 Å². The molecule has 0 aliphatic carbocycles. The van der Waals surface area contributed by atoms with Crippen LogP contribution >= 0.6 is 0 Å². The molecule has 0 radical (unpaired) electrons. The molecule has 0 atom stereocenters. The zero-order valence-electron chi connectivity index (χ0n) is 24.9. The van der Waals surface area contributed by atoms with Crippen molar-refractivity contribution >= 4 is 79.2 Å². The predicted molar refractivity (Wildman–Crippen MR) is 196 cm³/mol. The summed E-state index contributed by atoms with van der Waals surface area (Å²) in [5.74, 6) is 0. The van der Waals surface area contributed by atoms with Gasteiger partial charge in [-0.2, -0.15) is 0 Å². The van der Waals surface area contributed by atoms with Crippen LogP contribution in [0.25, 0.3) is 77.0 Å². The van der Waals surface area contributed by atoms with E-state index in [0.717, 1.165) is 0 Å². The molecule has 208 valence electrons. The van der Waals surface area contributed by atoms with Crippen molar-refractivity contribution in [1.82, 2.24) is 8.96 Å². The first kappa shape index (κ1) is 23.6. The Morgan fingerprint density at radius 3 is 1.61 bits per heavy atom. The highest BCUT2D eigenvalue weighted by atomic mass is 14.9.